The van der Waals surface area contributed by atoms with Crippen LogP contribution in [0.5, 0.6) is 0 Å². The van der Waals surface area contributed by atoms with Crippen LogP contribution in [-0.2, 0) is 28.8 Å². The molecule has 0 spiro atoms. The van der Waals surface area contributed by atoms with E-state index in [-0.39, 0.29) is 69.7 Å². The van der Waals surface area contributed by atoms with E-state index in [0.717, 1.165) is 16.2 Å². The number of nitrogens with two attached hydrogens (primary N) is 1. The summed E-state index contributed by atoms with van der Waals surface area (Å²) in [5.41, 5.74) is 5.82. The number of fused-ring (bicyclic) bond motifs is 1. The number of thiazole rings is 1. The normalized spacial score (nSPS) is 20.1. The number of carbonyl (C=O) groups is 4. The zero-order chi connectivity index (χ0) is 24.3. The zero-order valence-electron chi connectivity index (χ0n) is 18.8. The van der Waals surface area contributed by atoms with Crippen LogP contribution in [0.2, 0.25) is 0 Å². The van der Waals surface area contributed by atoms with Gasteiger partial charge in [0.05, 0.1) is 11.7 Å². The van der Waals surface area contributed by atoms with Crippen molar-refractivity contribution in [3.8, 4) is 0 Å². The van der Waals surface area contributed by atoms with E-state index in [1.807, 2.05) is 0 Å². The van der Waals surface area contributed by atoms with Crippen molar-refractivity contribution in [3.05, 3.63) is 34.0 Å². The summed E-state index contributed by atoms with van der Waals surface area (Å²) in [6.07, 6.45) is 1.56. The molecule has 0 radical (unpaired) electrons. The summed E-state index contributed by atoms with van der Waals surface area (Å²) in [7, 11) is 1.25. The number of anilines is 1. The first-order chi connectivity index (χ1) is 15.7. The quantitative estimate of drug-likeness (QED) is 0.0863. The third-order valence-corrected chi connectivity index (χ3v) is 6.84. The number of hydrogen-bond acceptors (Lipinski definition) is 12. The summed E-state index contributed by atoms with van der Waals surface area (Å²) in [5.74, 6) is -3.40. The fourth-order valence-corrected chi connectivity index (χ4v) is 4.94. The van der Waals surface area contributed by atoms with E-state index in [0.29, 0.717) is 5.57 Å². The van der Waals surface area contributed by atoms with Crippen LogP contribution < -0.4 is 45.7 Å². The number of β-lactam (4-membered cyclic amide) rings is 1. The molecule has 3 heterocycles. The molecule has 0 aromatic carbocycles. The van der Waals surface area contributed by atoms with Crippen LogP contribution in [0.1, 0.15) is 19.5 Å². The molecular formula is C19H20N5NaO7S2. The Hall–Kier alpha value is -2.39. The van der Waals surface area contributed by atoms with E-state index in [1.165, 1.54) is 24.3 Å². The predicted molar refractivity (Wildman–Crippen MR) is 118 cm³/mol. The average Bonchev–Trinajstić information content (AvgIpc) is 3.23. The summed E-state index contributed by atoms with van der Waals surface area (Å²) in [5, 5.41) is 19.0. The molecule has 34 heavy (non-hydrogen) atoms. The zero-order valence-corrected chi connectivity index (χ0v) is 22.4. The summed E-state index contributed by atoms with van der Waals surface area (Å²) in [4.78, 5) is 58.9. The number of carboxylic acid groups (broad SMARTS) is 1. The number of aliphatic carboxylic acids is 1. The second kappa shape index (κ2) is 11.8. The van der Waals surface area contributed by atoms with Crippen LogP contribution in [0.15, 0.2) is 33.5 Å². The van der Waals surface area contributed by atoms with Crippen molar-refractivity contribution >= 4 is 57.7 Å². The minimum Gasteiger partial charge on any atom is -0.543 e. The molecule has 12 nitrogen and oxygen atoms in total. The standard InChI is InChI=1S/C19H21N5O7S2.Na/c1-4-8(2)18(29)31-5-9-6-32-16-12(15(26)24(16)13(9)17(27)28)22-14(25)11(23-30-3)10-7-33-19(20)21-10;/h4,7,12,16H,5-6H2,1-3H3,(H2,20,21)(H,22,25)(H,27,28);/q;+1/p-1/b8-4-,23-11-;/t12-,16-;/m1./s1. The van der Waals surface area contributed by atoms with Gasteiger partial charge in [0.25, 0.3) is 11.8 Å². The maximum absolute atomic E-state index is 12.8. The Morgan fingerprint density at radius 2 is 2.15 bits per heavy atom. The monoisotopic (exact) mass is 517 g/mol. The van der Waals surface area contributed by atoms with E-state index in [4.69, 9.17) is 15.3 Å². The Balaban J connectivity index is 0.00000408. The Morgan fingerprint density at radius 3 is 2.71 bits per heavy atom. The van der Waals surface area contributed by atoms with Gasteiger partial charge < -0.3 is 30.5 Å². The summed E-state index contributed by atoms with van der Waals surface area (Å²) in [6, 6.07) is -1.01. The maximum Gasteiger partial charge on any atom is 1.00 e. The SMILES string of the molecule is C/C=C(/C)C(=O)OCC1=C(C(=O)[O-])N2C(=O)[C@@H](NC(=O)/C(=N\OC)c3csc(N)n3)[C@H]2SC1.[Na+]. The first kappa shape index (κ1) is 27.9. The van der Waals surface area contributed by atoms with E-state index in [2.05, 4.69) is 15.5 Å². The summed E-state index contributed by atoms with van der Waals surface area (Å²) in [6.45, 7) is 2.93. The fourth-order valence-electron chi connectivity index (χ4n) is 3.07. The van der Waals surface area contributed by atoms with E-state index >= 15 is 0 Å². The number of allylic oxidation sites excluding steroid dienone is 1. The number of nitrogens with zero attached hydrogens (tertiary/aromatic N) is 3. The number of thioether (sulfide) groups is 1. The van der Waals surface area contributed by atoms with Gasteiger partial charge in [0, 0.05) is 22.3 Å². The molecule has 0 aliphatic carbocycles. The van der Waals surface area contributed by atoms with Gasteiger partial charge in [0.1, 0.15) is 30.8 Å². The van der Waals surface area contributed by atoms with E-state index in [1.54, 1.807) is 19.9 Å². The Labute approximate surface area is 224 Å². The topological polar surface area (TPSA) is 176 Å². The van der Waals surface area contributed by atoms with Gasteiger partial charge in [0.15, 0.2) is 10.8 Å². The average molecular weight is 518 g/mol. The van der Waals surface area contributed by atoms with Crippen molar-refractivity contribution in [1.82, 2.24) is 15.2 Å². The molecule has 2 atom stereocenters. The molecule has 1 aromatic heterocycles. The molecule has 1 saturated heterocycles. The predicted octanol–water partition coefficient (Wildman–Crippen LogP) is -4.01. The third-order valence-electron chi connectivity index (χ3n) is 4.82. The van der Waals surface area contributed by atoms with Gasteiger partial charge in [-0.2, -0.15) is 0 Å². The summed E-state index contributed by atoms with van der Waals surface area (Å²) < 4.78 is 5.14. The molecular weight excluding hydrogens is 497 g/mol. The van der Waals surface area contributed by atoms with E-state index in [9.17, 15) is 24.3 Å². The van der Waals surface area contributed by atoms with Gasteiger partial charge >= 0.3 is 35.5 Å². The van der Waals surface area contributed by atoms with Crippen molar-refractivity contribution in [2.45, 2.75) is 25.3 Å². The Morgan fingerprint density at radius 1 is 1.44 bits per heavy atom. The molecule has 3 N–H and O–H groups in total. The number of amides is 2. The molecule has 2 amide bonds. The maximum atomic E-state index is 12.8. The van der Waals surface area contributed by atoms with Crippen LogP contribution >= 0.6 is 23.1 Å². The number of carboxylic acids is 1. The molecule has 0 saturated carbocycles. The molecule has 1 aromatic rings. The molecule has 3 rings (SSSR count). The fraction of sp³-hybridized carbons (Fsp3) is 0.368. The van der Waals surface area contributed by atoms with Gasteiger partial charge in [-0.1, -0.05) is 11.2 Å². The minimum absolute atomic E-state index is 0. The number of nitrogen functional groups attached to an aromatic ring is 1. The number of nitrogens with one attached hydrogen (secondary N) is 1. The minimum atomic E-state index is -1.58. The van der Waals surface area contributed by atoms with Crippen molar-refractivity contribution in [2.24, 2.45) is 5.16 Å². The first-order valence-electron chi connectivity index (χ1n) is 9.51. The molecule has 0 unspecified atom stereocenters. The Bertz CT molecular complexity index is 1100. The number of esters is 1. The van der Waals surface area contributed by atoms with Crippen LogP contribution in [0.3, 0.4) is 0 Å². The summed E-state index contributed by atoms with van der Waals surface area (Å²) >= 11 is 2.32. The van der Waals surface area contributed by atoms with Crippen molar-refractivity contribution < 1.29 is 63.4 Å². The molecule has 2 aliphatic rings. The van der Waals surface area contributed by atoms with Gasteiger partial charge in [0.2, 0.25) is 0 Å². The largest absolute Gasteiger partial charge is 1.00 e. The smallest absolute Gasteiger partial charge is 0.543 e. The number of ether oxygens (including phenoxy) is 1. The first-order valence-corrected chi connectivity index (χ1v) is 11.4. The Kier molecular flexibility index (Phi) is 9.70. The van der Waals surface area contributed by atoms with Crippen molar-refractivity contribution in [2.75, 3.05) is 25.2 Å². The molecule has 2 aliphatic heterocycles. The van der Waals surface area contributed by atoms with Gasteiger partial charge in [-0.25, -0.2) is 9.78 Å². The molecule has 176 valence electrons. The number of rotatable bonds is 8. The number of aromatic nitrogens is 1. The number of oxime groups is 1. The van der Waals surface area contributed by atoms with Crippen LogP contribution in [0, 0.1) is 0 Å². The number of carbonyl (C=O) groups excluding carboxylic acids is 4. The van der Waals surface area contributed by atoms with E-state index < -0.39 is 35.2 Å². The van der Waals surface area contributed by atoms with Crippen molar-refractivity contribution in [3.63, 3.8) is 0 Å². The van der Waals surface area contributed by atoms with Gasteiger partial charge in [-0.3, -0.25) is 14.5 Å². The van der Waals surface area contributed by atoms with Crippen molar-refractivity contribution in [1.29, 1.82) is 0 Å². The van der Waals surface area contributed by atoms with Gasteiger partial charge in [-0.05, 0) is 13.8 Å². The van der Waals surface area contributed by atoms with Crippen LogP contribution in [0.4, 0.5) is 5.13 Å². The molecule has 0 bridgehead atoms. The van der Waals surface area contributed by atoms with Crippen LogP contribution in [0.25, 0.3) is 0 Å². The number of hydrogen-bond donors (Lipinski definition) is 2. The molecule has 15 heteroatoms. The molecule has 1 fully saturated rings. The van der Waals surface area contributed by atoms with Gasteiger partial charge in [-0.15, -0.1) is 23.1 Å². The second-order valence-corrected chi connectivity index (χ2v) is 8.84. The third kappa shape index (κ3) is 5.63. The second-order valence-electron chi connectivity index (χ2n) is 6.84. The van der Waals surface area contributed by atoms with Crippen LogP contribution in [-0.4, -0.2) is 70.2 Å².